The Kier molecular flexibility index (Phi) is 5.23. The zero-order valence-corrected chi connectivity index (χ0v) is 14.2. The molecule has 2 N–H and O–H groups in total. The minimum Gasteiger partial charge on any atom is -0.508 e. The Balaban J connectivity index is 1.58. The van der Waals surface area contributed by atoms with Gasteiger partial charge in [-0.25, -0.2) is 0 Å². The molecular weight excluding hydrogens is 304 g/mol. The summed E-state index contributed by atoms with van der Waals surface area (Å²) in [5.41, 5.74) is 1.06. The van der Waals surface area contributed by atoms with E-state index in [4.69, 9.17) is 0 Å². The SMILES string of the molecule is CCNC(=NCCc1cccc(O)c1)N1CCN(C2CC2)C(=O)C1. The Bertz CT molecular complexity index is 613. The van der Waals surface area contributed by atoms with Crippen LogP contribution in [0.2, 0.25) is 0 Å². The molecule has 0 spiro atoms. The summed E-state index contributed by atoms with van der Waals surface area (Å²) in [6, 6.07) is 7.75. The molecule has 2 aliphatic rings. The molecular formula is C18H26N4O2. The van der Waals surface area contributed by atoms with E-state index < -0.39 is 0 Å². The predicted molar refractivity (Wildman–Crippen MR) is 94.1 cm³/mol. The molecule has 1 amide bonds. The fourth-order valence-corrected chi connectivity index (χ4v) is 3.07. The van der Waals surface area contributed by atoms with Crippen LogP contribution in [0.4, 0.5) is 0 Å². The lowest BCUT2D eigenvalue weighted by atomic mass is 10.1. The largest absolute Gasteiger partial charge is 0.508 e. The van der Waals surface area contributed by atoms with Gasteiger partial charge in [-0.2, -0.15) is 0 Å². The zero-order chi connectivity index (χ0) is 16.9. The monoisotopic (exact) mass is 330 g/mol. The molecule has 3 rings (SSSR count). The van der Waals surface area contributed by atoms with Gasteiger partial charge in [0.2, 0.25) is 5.91 Å². The van der Waals surface area contributed by atoms with Gasteiger partial charge in [0.25, 0.3) is 0 Å². The lowest BCUT2D eigenvalue weighted by Gasteiger charge is -2.36. The van der Waals surface area contributed by atoms with Crippen molar-refractivity contribution in [2.24, 2.45) is 4.99 Å². The van der Waals surface area contributed by atoms with Crippen molar-refractivity contribution in [3.05, 3.63) is 29.8 Å². The summed E-state index contributed by atoms with van der Waals surface area (Å²) < 4.78 is 0. The molecule has 6 heteroatoms. The van der Waals surface area contributed by atoms with E-state index >= 15 is 0 Å². The van der Waals surface area contributed by atoms with Gasteiger partial charge in [-0.1, -0.05) is 12.1 Å². The molecule has 1 aromatic carbocycles. The second kappa shape index (κ2) is 7.55. The number of aliphatic imine (C=N–C) groups is 1. The van der Waals surface area contributed by atoms with Crippen molar-refractivity contribution >= 4 is 11.9 Å². The van der Waals surface area contributed by atoms with Gasteiger partial charge in [-0.15, -0.1) is 0 Å². The number of benzene rings is 1. The number of guanidine groups is 1. The van der Waals surface area contributed by atoms with Crippen LogP contribution in [0.5, 0.6) is 5.75 Å². The average Bonchev–Trinajstić information content (AvgIpc) is 3.39. The Morgan fingerprint density at radius 3 is 2.88 bits per heavy atom. The number of carbonyl (C=O) groups excluding carboxylic acids is 1. The van der Waals surface area contributed by atoms with E-state index in [0.29, 0.717) is 19.1 Å². The van der Waals surface area contributed by atoms with E-state index in [0.717, 1.165) is 50.4 Å². The molecule has 1 aromatic rings. The molecule has 1 saturated heterocycles. The molecule has 1 saturated carbocycles. The Morgan fingerprint density at radius 1 is 1.38 bits per heavy atom. The van der Waals surface area contributed by atoms with E-state index in [2.05, 4.69) is 10.3 Å². The third-order valence-electron chi connectivity index (χ3n) is 4.45. The van der Waals surface area contributed by atoms with Crippen molar-refractivity contribution in [1.82, 2.24) is 15.1 Å². The lowest BCUT2D eigenvalue weighted by Crippen LogP contribution is -2.55. The fourth-order valence-electron chi connectivity index (χ4n) is 3.07. The average molecular weight is 330 g/mol. The summed E-state index contributed by atoms with van der Waals surface area (Å²) in [4.78, 5) is 21.0. The summed E-state index contributed by atoms with van der Waals surface area (Å²) >= 11 is 0. The zero-order valence-electron chi connectivity index (χ0n) is 14.2. The Hall–Kier alpha value is -2.24. The summed E-state index contributed by atoms with van der Waals surface area (Å²) in [6.07, 6.45) is 3.08. The van der Waals surface area contributed by atoms with Crippen molar-refractivity contribution in [3.63, 3.8) is 0 Å². The quantitative estimate of drug-likeness (QED) is 0.629. The number of phenols is 1. The molecule has 0 bridgehead atoms. The fraction of sp³-hybridized carbons (Fsp3) is 0.556. The number of piperazine rings is 1. The Labute approximate surface area is 143 Å². The first-order valence-corrected chi connectivity index (χ1v) is 8.78. The number of nitrogens with zero attached hydrogens (tertiary/aromatic N) is 3. The highest BCUT2D eigenvalue weighted by atomic mass is 16.3. The molecule has 6 nitrogen and oxygen atoms in total. The Morgan fingerprint density at radius 2 is 2.21 bits per heavy atom. The number of carbonyl (C=O) groups is 1. The number of nitrogens with one attached hydrogen (secondary N) is 1. The van der Waals surface area contributed by atoms with Crippen LogP contribution in [-0.2, 0) is 11.2 Å². The predicted octanol–water partition coefficient (Wildman–Crippen LogP) is 1.21. The molecule has 0 radical (unpaired) electrons. The van der Waals surface area contributed by atoms with E-state index in [1.165, 1.54) is 0 Å². The van der Waals surface area contributed by atoms with E-state index in [1.54, 1.807) is 12.1 Å². The second-order valence-electron chi connectivity index (χ2n) is 6.40. The molecule has 2 fully saturated rings. The van der Waals surface area contributed by atoms with Crippen molar-refractivity contribution in [1.29, 1.82) is 0 Å². The van der Waals surface area contributed by atoms with Crippen molar-refractivity contribution in [3.8, 4) is 5.75 Å². The van der Waals surface area contributed by atoms with Crippen LogP contribution in [0, 0.1) is 0 Å². The molecule has 1 aliphatic heterocycles. The summed E-state index contributed by atoms with van der Waals surface area (Å²) in [5.74, 6) is 1.30. The van der Waals surface area contributed by atoms with Crippen LogP contribution in [0.15, 0.2) is 29.3 Å². The van der Waals surface area contributed by atoms with E-state index in [9.17, 15) is 9.90 Å². The molecule has 1 heterocycles. The van der Waals surface area contributed by atoms with Crippen LogP contribution in [0.3, 0.4) is 0 Å². The molecule has 0 unspecified atom stereocenters. The molecule has 24 heavy (non-hydrogen) atoms. The number of aromatic hydroxyl groups is 1. The van der Waals surface area contributed by atoms with E-state index in [-0.39, 0.29) is 11.7 Å². The van der Waals surface area contributed by atoms with Gasteiger partial charge >= 0.3 is 0 Å². The van der Waals surface area contributed by atoms with Crippen LogP contribution in [0.25, 0.3) is 0 Å². The molecule has 1 aliphatic carbocycles. The maximum atomic E-state index is 12.3. The minimum absolute atomic E-state index is 0.210. The second-order valence-corrected chi connectivity index (χ2v) is 6.40. The standard InChI is InChI=1S/C18H26N4O2/c1-2-19-18(20-9-8-14-4-3-5-16(23)12-14)21-10-11-22(15-6-7-15)17(24)13-21/h3-5,12,15,23H,2,6-11,13H2,1H3,(H,19,20). The highest BCUT2D eigenvalue weighted by Gasteiger charge is 2.36. The number of rotatable bonds is 5. The third-order valence-corrected chi connectivity index (χ3v) is 4.45. The van der Waals surface area contributed by atoms with Gasteiger partial charge < -0.3 is 20.2 Å². The summed E-state index contributed by atoms with van der Waals surface area (Å²) in [6.45, 7) is 5.48. The maximum absolute atomic E-state index is 12.3. The third kappa shape index (κ3) is 4.19. The van der Waals surface area contributed by atoms with Crippen LogP contribution in [0.1, 0.15) is 25.3 Å². The lowest BCUT2D eigenvalue weighted by molar-refractivity contribution is -0.135. The van der Waals surface area contributed by atoms with Gasteiger partial charge in [0.15, 0.2) is 5.96 Å². The minimum atomic E-state index is 0.210. The van der Waals surface area contributed by atoms with Crippen LogP contribution in [-0.4, -0.2) is 65.5 Å². The first kappa shape index (κ1) is 16.6. The summed E-state index contributed by atoms with van der Waals surface area (Å²) in [5, 5.41) is 12.8. The number of hydrogen-bond acceptors (Lipinski definition) is 3. The smallest absolute Gasteiger partial charge is 0.242 e. The number of amides is 1. The highest BCUT2D eigenvalue weighted by molar-refractivity contribution is 5.88. The molecule has 130 valence electrons. The van der Waals surface area contributed by atoms with Crippen LogP contribution < -0.4 is 5.32 Å². The van der Waals surface area contributed by atoms with Crippen molar-refractivity contribution < 1.29 is 9.90 Å². The maximum Gasteiger partial charge on any atom is 0.242 e. The number of hydrogen-bond donors (Lipinski definition) is 2. The normalized spacial score (nSPS) is 18.9. The molecule has 0 atom stereocenters. The van der Waals surface area contributed by atoms with Gasteiger partial charge in [0.05, 0.1) is 6.54 Å². The summed E-state index contributed by atoms with van der Waals surface area (Å²) in [7, 11) is 0. The first-order valence-electron chi connectivity index (χ1n) is 8.78. The van der Waals surface area contributed by atoms with Crippen LogP contribution >= 0.6 is 0 Å². The first-order chi connectivity index (χ1) is 11.7. The van der Waals surface area contributed by atoms with Gasteiger partial charge in [-0.3, -0.25) is 9.79 Å². The number of phenolic OH excluding ortho intramolecular Hbond substituents is 1. The van der Waals surface area contributed by atoms with Gasteiger partial charge in [0, 0.05) is 32.2 Å². The van der Waals surface area contributed by atoms with E-state index in [1.807, 2.05) is 28.9 Å². The van der Waals surface area contributed by atoms with Crippen molar-refractivity contribution in [2.75, 3.05) is 32.7 Å². The molecule has 0 aromatic heterocycles. The van der Waals surface area contributed by atoms with Gasteiger partial charge in [0.1, 0.15) is 5.75 Å². The topological polar surface area (TPSA) is 68.2 Å². The highest BCUT2D eigenvalue weighted by Crippen LogP contribution is 2.28. The van der Waals surface area contributed by atoms with Crippen molar-refractivity contribution in [2.45, 2.75) is 32.2 Å². The van der Waals surface area contributed by atoms with Gasteiger partial charge in [-0.05, 0) is 43.9 Å².